The van der Waals surface area contributed by atoms with E-state index in [1.54, 1.807) is 6.20 Å². The maximum atomic E-state index is 9.55. The van der Waals surface area contributed by atoms with Crippen molar-refractivity contribution in [2.24, 2.45) is 0 Å². The van der Waals surface area contributed by atoms with E-state index in [9.17, 15) is 9.59 Å². The van der Waals surface area contributed by atoms with E-state index < -0.39 is 11.9 Å². The summed E-state index contributed by atoms with van der Waals surface area (Å²) in [6, 6.07) is 9.22. The summed E-state index contributed by atoms with van der Waals surface area (Å²) in [7, 11) is 0. The van der Waals surface area contributed by atoms with Gasteiger partial charge in [0.2, 0.25) is 0 Å². The summed E-state index contributed by atoms with van der Waals surface area (Å²) in [6.07, 6.45) is 8.88. The quantitative estimate of drug-likeness (QED) is 0.628. The minimum Gasteiger partial charge on any atom is -0.478 e. The number of carbonyl (C=O) groups is 2. The van der Waals surface area contributed by atoms with Gasteiger partial charge in [0.25, 0.3) is 0 Å². The van der Waals surface area contributed by atoms with Crippen LogP contribution in [0, 0.1) is 0 Å². The van der Waals surface area contributed by atoms with Crippen molar-refractivity contribution in [3.63, 3.8) is 0 Å². The fraction of sp³-hybridized carbons (Fsp3) is 0.435. The van der Waals surface area contributed by atoms with E-state index >= 15 is 0 Å². The van der Waals surface area contributed by atoms with Crippen LogP contribution < -0.4 is 0 Å². The molecule has 1 aliphatic rings. The van der Waals surface area contributed by atoms with Crippen molar-refractivity contribution in [2.45, 2.75) is 52.0 Å². The maximum absolute atomic E-state index is 9.55. The van der Waals surface area contributed by atoms with Gasteiger partial charge in [0.1, 0.15) is 0 Å². The van der Waals surface area contributed by atoms with Crippen molar-refractivity contribution >= 4 is 11.9 Å². The van der Waals surface area contributed by atoms with Crippen LogP contribution in [0.3, 0.4) is 0 Å². The van der Waals surface area contributed by atoms with Crippen molar-refractivity contribution in [3.05, 3.63) is 53.7 Å². The van der Waals surface area contributed by atoms with Crippen LogP contribution in [0.5, 0.6) is 0 Å². The normalized spacial score (nSPS) is 15.5. The van der Waals surface area contributed by atoms with Gasteiger partial charge in [-0.1, -0.05) is 37.2 Å². The van der Waals surface area contributed by atoms with Gasteiger partial charge in [0.15, 0.2) is 5.76 Å². The molecule has 0 bridgehead atoms. The number of fused-ring (bicyclic) bond motifs is 1. The largest absolute Gasteiger partial charge is 0.478 e. The molecule has 0 aliphatic heterocycles. The molecule has 0 spiro atoms. The molecule has 0 amide bonds. The lowest BCUT2D eigenvalue weighted by Crippen LogP contribution is -2.40. The van der Waals surface area contributed by atoms with E-state index in [2.05, 4.69) is 42.1 Å². The Morgan fingerprint density at radius 2 is 1.80 bits per heavy atom. The Hall–Kier alpha value is -2.93. The van der Waals surface area contributed by atoms with E-state index in [1.807, 2.05) is 6.07 Å². The molecule has 7 heteroatoms. The number of benzene rings is 1. The lowest BCUT2D eigenvalue weighted by atomic mass is 9.84. The van der Waals surface area contributed by atoms with Gasteiger partial charge in [-0.3, -0.25) is 0 Å². The predicted molar refractivity (Wildman–Crippen MR) is 114 cm³/mol. The molecule has 7 nitrogen and oxygen atoms in total. The minimum atomic E-state index is -1.26. The number of carboxylic acids is 2. The van der Waals surface area contributed by atoms with Crippen LogP contribution in [-0.4, -0.2) is 51.3 Å². The number of nitrogens with zero attached hydrogens (tertiary/aromatic N) is 2. The molecule has 0 fully saturated rings. The maximum Gasteiger partial charge on any atom is 0.328 e. The highest BCUT2D eigenvalue weighted by molar-refractivity contribution is 5.89. The Kier molecular flexibility index (Phi) is 9.28. The molecule has 30 heavy (non-hydrogen) atoms. The molecule has 0 radical (unpaired) electrons. The Morgan fingerprint density at radius 3 is 2.33 bits per heavy atom. The Balaban J connectivity index is 0.000000343. The Bertz CT molecular complexity index is 823. The first kappa shape index (κ1) is 23.3. The SMILES string of the molecule is CCCN(CCC)C1CCc2cccc(-c3ccno3)c2C1.O=C(O)/C=C\C(=O)O. The molecule has 1 unspecified atom stereocenters. The molecule has 0 saturated heterocycles. The second-order valence-corrected chi connectivity index (χ2v) is 7.26. The van der Waals surface area contributed by atoms with Gasteiger partial charge in [0, 0.05) is 29.8 Å². The molecule has 2 N–H and O–H groups in total. The zero-order valence-corrected chi connectivity index (χ0v) is 17.6. The molecule has 162 valence electrons. The van der Waals surface area contributed by atoms with E-state index in [4.69, 9.17) is 14.7 Å². The van der Waals surface area contributed by atoms with Crippen molar-refractivity contribution in [3.8, 4) is 11.3 Å². The van der Waals surface area contributed by atoms with Gasteiger partial charge in [-0.15, -0.1) is 0 Å². The smallest absolute Gasteiger partial charge is 0.328 e. The molecule has 1 aromatic heterocycles. The highest BCUT2D eigenvalue weighted by Crippen LogP contribution is 2.33. The summed E-state index contributed by atoms with van der Waals surface area (Å²) < 4.78 is 5.41. The number of carboxylic acid groups (broad SMARTS) is 2. The Labute approximate surface area is 177 Å². The van der Waals surface area contributed by atoms with Crippen LogP contribution in [0.4, 0.5) is 0 Å². The van der Waals surface area contributed by atoms with Gasteiger partial charge < -0.3 is 19.6 Å². The third-order valence-electron chi connectivity index (χ3n) is 5.07. The first-order valence-electron chi connectivity index (χ1n) is 10.4. The summed E-state index contributed by atoms with van der Waals surface area (Å²) in [6.45, 7) is 6.97. The number of rotatable bonds is 8. The molecule has 3 rings (SSSR count). The third-order valence-corrected chi connectivity index (χ3v) is 5.07. The number of aryl methyl sites for hydroxylation is 1. The topological polar surface area (TPSA) is 104 Å². The average molecular weight is 415 g/mol. The fourth-order valence-electron chi connectivity index (χ4n) is 3.86. The molecule has 0 saturated carbocycles. The van der Waals surface area contributed by atoms with Gasteiger partial charge >= 0.3 is 11.9 Å². The van der Waals surface area contributed by atoms with Crippen LogP contribution in [0.25, 0.3) is 11.3 Å². The van der Waals surface area contributed by atoms with E-state index in [1.165, 1.54) is 55.5 Å². The first-order chi connectivity index (χ1) is 14.5. The second-order valence-electron chi connectivity index (χ2n) is 7.26. The van der Waals surface area contributed by atoms with E-state index in [0.29, 0.717) is 18.2 Å². The van der Waals surface area contributed by atoms with Crippen molar-refractivity contribution in [2.75, 3.05) is 13.1 Å². The van der Waals surface area contributed by atoms with Gasteiger partial charge in [-0.25, -0.2) is 9.59 Å². The van der Waals surface area contributed by atoms with Gasteiger partial charge in [0.05, 0.1) is 6.20 Å². The summed E-state index contributed by atoms with van der Waals surface area (Å²) in [4.78, 5) is 21.8. The highest BCUT2D eigenvalue weighted by Gasteiger charge is 2.26. The predicted octanol–water partition coefficient (Wildman–Crippen LogP) is 4.03. The van der Waals surface area contributed by atoms with E-state index in [0.717, 1.165) is 12.2 Å². The number of aliphatic carboxylic acids is 2. The third kappa shape index (κ3) is 6.84. The molecule has 1 atom stereocenters. The van der Waals surface area contributed by atoms with E-state index in [-0.39, 0.29) is 0 Å². The van der Waals surface area contributed by atoms with Crippen LogP contribution in [-0.2, 0) is 22.4 Å². The molecular weight excluding hydrogens is 384 g/mol. The summed E-state index contributed by atoms with van der Waals surface area (Å²) in [5.41, 5.74) is 4.18. The lowest BCUT2D eigenvalue weighted by Gasteiger charge is -2.35. The Morgan fingerprint density at radius 1 is 1.13 bits per heavy atom. The highest BCUT2D eigenvalue weighted by atomic mass is 16.5. The number of hydrogen-bond donors (Lipinski definition) is 2. The molecular formula is C23H30N2O5. The standard InChI is InChI=1S/C19H26N2O.C4H4O4/c1-3-12-21(13-4-2)16-9-8-15-6-5-7-17(18(15)14-16)19-10-11-20-22-19;5-3(6)1-2-4(7)8/h5-7,10-11,16H,3-4,8-9,12-14H2,1-2H3;1-2H,(H,5,6)(H,7,8)/b;2-1-. The van der Waals surface area contributed by atoms with Crippen LogP contribution in [0.2, 0.25) is 0 Å². The second kappa shape index (κ2) is 11.9. The molecule has 1 aliphatic carbocycles. The number of hydrogen-bond acceptors (Lipinski definition) is 5. The first-order valence-corrected chi connectivity index (χ1v) is 10.4. The molecule has 1 heterocycles. The monoisotopic (exact) mass is 414 g/mol. The zero-order chi connectivity index (χ0) is 21.9. The molecule has 1 aromatic carbocycles. The summed E-state index contributed by atoms with van der Waals surface area (Å²) >= 11 is 0. The zero-order valence-electron chi connectivity index (χ0n) is 17.6. The van der Waals surface area contributed by atoms with Crippen LogP contribution in [0.1, 0.15) is 44.2 Å². The van der Waals surface area contributed by atoms with Crippen LogP contribution >= 0.6 is 0 Å². The van der Waals surface area contributed by atoms with Crippen molar-refractivity contribution < 1.29 is 24.3 Å². The van der Waals surface area contributed by atoms with Crippen molar-refractivity contribution in [1.82, 2.24) is 10.1 Å². The number of aromatic nitrogens is 1. The lowest BCUT2D eigenvalue weighted by molar-refractivity contribution is -0.134. The van der Waals surface area contributed by atoms with Gasteiger partial charge in [-0.05, 0) is 56.3 Å². The average Bonchev–Trinajstić information content (AvgIpc) is 3.26. The fourth-order valence-corrected chi connectivity index (χ4v) is 3.86. The summed E-state index contributed by atoms with van der Waals surface area (Å²) in [5.74, 6) is -1.62. The minimum absolute atomic E-state index is 0.558. The molecule has 2 aromatic rings. The van der Waals surface area contributed by atoms with Crippen molar-refractivity contribution in [1.29, 1.82) is 0 Å². The summed E-state index contributed by atoms with van der Waals surface area (Å²) in [5, 5.41) is 19.5. The van der Waals surface area contributed by atoms with Crippen LogP contribution in [0.15, 0.2) is 47.1 Å². The van der Waals surface area contributed by atoms with Gasteiger partial charge in [-0.2, -0.15) is 0 Å².